The minimum absolute atomic E-state index is 0.0191. The molecule has 2 aromatic heterocycles. The highest BCUT2D eigenvalue weighted by Gasteiger charge is 2.15. The van der Waals surface area contributed by atoms with Gasteiger partial charge in [0.05, 0.1) is 12.1 Å². The number of carbonyl (C=O) groups is 1. The van der Waals surface area contributed by atoms with E-state index in [1.165, 1.54) is 0 Å². The van der Waals surface area contributed by atoms with Crippen LogP contribution in [-0.4, -0.2) is 53.4 Å². The van der Waals surface area contributed by atoms with Gasteiger partial charge in [0.1, 0.15) is 5.82 Å². The van der Waals surface area contributed by atoms with Gasteiger partial charge in [0.15, 0.2) is 5.82 Å². The highest BCUT2D eigenvalue weighted by molar-refractivity contribution is 5.92. The molecule has 24 heavy (non-hydrogen) atoms. The first-order valence-electron chi connectivity index (χ1n) is 7.64. The van der Waals surface area contributed by atoms with Gasteiger partial charge in [0, 0.05) is 44.5 Å². The molecule has 0 saturated heterocycles. The number of hydrogen-bond acceptors (Lipinski definition) is 5. The zero-order valence-corrected chi connectivity index (χ0v) is 14.0. The molecule has 0 unspecified atom stereocenters. The number of amides is 1. The topological polar surface area (TPSA) is 62.2 Å². The van der Waals surface area contributed by atoms with Crippen molar-refractivity contribution in [3.05, 3.63) is 48.8 Å². The van der Waals surface area contributed by atoms with Crippen LogP contribution in [0.2, 0.25) is 0 Å². The monoisotopic (exact) mass is 321 g/mol. The Balaban J connectivity index is 2.10. The molecule has 1 amide bonds. The van der Waals surface area contributed by atoms with Crippen LogP contribution < -0.4 is 4.90 Å². The van der Waals surface area contributed by atoms with Crippen molar-refractivity contribution < 1.29 is 4.79 Å². The van der Waals surface area contributed by atoms with E-state index in [1.807, 2.05) is 48.3 Å². The molecule has 122 valence electrons. The molecule has 0 aliphatic heterocycles. The maximum atomic E-state index is 12.1. The molecule has 6 heteroatoms. The number of pyridine rings is 1. The number of fused-ring (bicyclic) bond motifs is 1. The molecule has 0 saturated carbocycles. The maximum absolute atomic E-state index is 12.1. The molecular formula is C18H19N5O. The smallest absolute Gasteiger partial charge is 0.241 e. The average molecular weight is 321 g/mol. The summed E-state index contributed by atoms with van der Waals surface area (Å²) >= 11 is 0. The molecule has 1 aromatic carbocycles. The lowest BCUT2D eigenvalue weighted by molar-refractivity contribution is -0.127. The van der Waals surface area contributed by atoms with Gasteiger partial charge >= 0.3 is 0 Å². The Bertz CT molecular complexity index is 864. The van der Waals surface area contributed by atoms with Crippen molar-refractivity contribution in [3.8, 4) is 11.4 Å². The number of nitrogens with zero attached hydrogens (tertiary/aromatic N) is 5. The molecule has 0 spiro atoms. The van der Waals surface area contributed by atoms with E-state index in [4.69, 9.17) is 4.98 Å². The summed E-state index contributed by atoms with van der Waals surface area (Å²) < 4.78 is 0. The second kappa shape index (κ2) is 6.62. The van der Waals surface area contributed by atoms with Crippen LogP contribution in [0.1, 0.15) is 0 Å². The van der Waals surface area contributed by atoms with Crippen molar-refractivity contribution in [2.24, 2.45) is 0 Å². The number of carbonyl (C=O) groups excluding carboxylic acids is 1. The van der Waals surface area contributed by atoms with Crippen molar-refractivity contribution in [1.82, 2.24) is 19.9 Å². The Hall–Kier alpha value is -3.02. The van der Waals surface area contributed by atoms with Crippen LogP contribution in [-0.2, 0) is 4.79 Å². The lowest BCUT2D eigenvalue weighted by Crippen LogP contribution is -2.34. The second-order valence-electron chi connectivity index (χ2n) is 5.77. The summed E-state index contributed by atoms with van der Waals surface area (Å²) in [4.78, 5) is 28.9. The Labute approximate surface area is 140 Å². The molecule has 0 bridgehead atoms. The summed E-state index contributed by atoms with van der Waals surface area (Å²) in [7, 11) is 5.36. The van der Waals surface area contributed by atoms with Gasteiger partial charge in [-0.05, 0) is 24.3 Å². The van der Waals surface area contributed by atoms with Crippen LogP contribution in [0, 0.1) is 0 Å². The Kier molecular flexibility index (Phi) is 4.37. The van der Waals surface area contributed by atoms with Gasteiger partial charge in [-0.15, -0.1) is 0 Å². The second-order valence-corrected chi connectivity index (χ2v) is 5.77. The van der Waals surface area contributed by atoms with E-state index < -0.39 is 0 Å². The van der Waals surface area contributed by atoms with Gasteiger partial charge in [-0.25, -0.2) is 9.97 Å². The van der Waals surface area contributed by atoms with Crippen molar-refractivity contribution in [2.75, 3.05) is 32.6 Å². The Morgan fingerprint density at radius 3 is 2.42 bits per heavy atom. The van der Waals surface area contributed by atoms with Crippen LogP contribution in [0.4, 0.5) is 5.82 Å². The van der Waals surface area contributed by atoms with Crippen molar-refractivity contribution in [1.29, 1.82) is 0 Å². The molecule has 0 aliphatic carbocycles. The third kappa shape index (κ3) is 3.17. The number of rotatable bonds is 4. The van der Waals surface area contributed by atoms with Crippen LogP contribution in [0.5, 0.6) is 0 Å². The first-order valence-corrected chi connectivity index (χ1v) is 7.64. The molecule has 3 rings (SSSR count). The largest absolute Gasteiger partial charge is 0.350 e. The molecule has 0 atom stereocenters. The number of likely N-dealkylation sites (N-methyl/N-ethyl adjacent to an activating group) is 2. The summed E-state index contributed by atoms with van der Waals surface area (Å²) in [6, 6.07) is 11.6. The lowest BCUT2D eigenvalue weighted by atomic mass is 10.2. The third-order valence-corrected chi connectivity index (χ3v) is 3.75. The van der Waals surface area contributed by atoms with E-state index in [2.05, 4.69) is 9.97 Å². The standard InChI is InChI=1S/C18H19N5O/c1-22(2)16(24)12-23(3)18-14-6-4-5-7-15(14)20-17(21-18)13-8-10-19-11-9-13/h4-11H,12H2,1-3H3. The minimum Gasteiger partial charge on any atom is -0.350 e. The lowest BCUT2D eigenvalue weighted by Gasteiger charge is -2.22. The van der Waals surface area contributed by atoms with Gasteiger partial charge in [-0.2, -0.15) is 0 Å². The van der Waals surface area contributed by atoms with E-state index in [9.17, 15) is 4.79 Å². The molecule has 0 fully saturated rings. The molecular weight excluding hydrogens is 302 g/mol. The first-order chi connectivity index (χ1) is 11.6. The molecule has 2 heterocycles. The van der Waals surface area contributed by atoms with Crippen LogP contribution in [0.3, 0.4) is 0 Å². The Morgan fingerprint density at radius 2 is 1.71 bits per heavy atom. The summed E-state index contributed by atoms with van der Waals surface area (Å²) in [6.07, 6.45) is 3.43. The molecule has 0 N–H and O–H groups in total. The summed E-state index contributed by atoms with van der Waals surface area (Å²) in [6.45, 7) is 0.254. The van der Waals surface area contributed by atoms with E-state index in [1.54, 1.807) is 31.4 Å². The first kappa shape index (κ1) is 15.9. The fourth-order valence-corrected chi connectivity index (χ4v) is 2.40. The molecule has 0 aliphatic rings. The van der Waals surface area contributed by atoms with Crippen LogP contribution in [0.25, 0.3) is 22.3 Å². The minimum atomic E-state index is 0.0191. The summed E-state index contributed by atoms with van der Waals surface area (Å²) in [5, 5.41) is 0.921. The van der Waals surface area contributed by atoms with E-state index >= 15 is 0 Å². The van der Waals surface area contributed by atoms with Gasteiger partial charge in [0.25, 0.3) is 0 Å². The average Bonchev–Trinajstić information content (AvgIpc) is 2.61. The SMILES string of the molecule is CN(C)C(=O)CN(C)c1nc(-c2ccncc2)nc2ccccc12. The van der Waals surface area contributed by atoms with Crippen molar-refractivity contribution in [3.63, 3.8) is 0 Å². The quantitative estimate of drug-likeness (QED) is 0.737. The number of benzene rings is 1. The number of anilines is 1. The van der Waals surface area contributed by atoms with Crippen LogP contribution >= 0.6 is 0 Å². The zero-order valence-electron chi connectivity index (χ0n) is 14.0. The predicted molar refractivity (Wildman–Crippen MR) is 94.7 cm³/mol. The fourth-order valence-electron chi connectivity index (χ4n) is 2.40. The molecule has 6 nitrogen and oxygen atoms in total. The normalized spacial score (nSPS) is 10.6. The molecule has 0 radical (unpaired) electrons. The zero-order chi connectivity index (χ0) is 17.1. The fraction of sp³-hybridized carbons (Fsp3) is 0.222. The van der Waals surface area contributed by atoms with Crippen molar-refractivity contribution >= 4 is 22.6 Å². The maximum Gasteiger partial charge on any atom is 0.241 e. The molecule has 3 aromatic rings. The summed E-state index contributed by atoms with van der Waals surface area (Å²) in [5.41, 5.74) is 1.74. The van der Waals surface area contributed by atoms with E-state index in [-0.39, 0.29) is 12.5 Å². The number of hydrogen-bond donors (Lipinski definition) is 0. The van der Waals surface area contributed by atoms with Gasteiger partial charge in [-0.1, -0.05) is 12.1 Å². The van der Waals surface area contributed by atoms with Gasteiger partial charge in [0.2, 0.25) is 5.91 Å². The van der Waals surface area contributed by atoms with E-state index in [0.29, 0.717) is 5.82 Å². The van der Waals surface area contributed by atoms with Crippen LogP contribution in [0.15, 0.2) is 48.8 Å². The van der Waals surface area contributed by atoms with E-state index in [0.717, 1.165) is 22.3 Å². The number of aromatic nitrogens is 3. The Morgan fingerprint density at radius 1 is 1.00 bits per heavy atom. The van der Waals surface area contributed by atoms with Gasteiger partial charge in [-0.3, -0.25) is 9.78 Å². The van der Waals surface area contributed by atoms with Crippen molar-refractivity contribution in [2.45, 2.75) is 0 Å². The predicted octanol–water partition coefficient (Wildman–Crippen LogP) is 2.22. The summed E-state index contributed by atoms with van der Waals surface area (Å²) in [5.74, 6) is 1.38. The number of para-hydroxylation sites is 1. The highest BCUT2D eigenvalue weighted by atomic mass is 16.2. The van der Waals surface area contributed by atoms with Gasteiger partial charge < -0.3 is 9.80 Å². The third-order valence-electron chi connectivity index (χ3n) is 3.75. The highest BCUT2D eigenvalue weighted by Crippen LogP contribution is 2.26.